The highest BCUT2D eigenvalue weighted by Gasteiger charge is 2.15. The third-order valence-corrected chi connectivity index (χ3v) is 5.31. The van der Waals surface area contributed by atoms with Gasteiger partial charge in [-0.25, -0.2) is 9.97 Å². The van der Waals surface area contributed by atoms with Gasteiger partial charge in [0, 0.05) is 42.2 Å². The highest BCUT2D eigenvalue weighted by molar-refractivity contribution is 5.70. The summed E-state index contributed by atoms with van der Waals surface area (Å²) in [5.41, 5.74) is 3.68. The van der Waals surface area contributed by atoms with Crippen molar-refractivity contribution in [1.82, 2.24) is 34.5 Å². The Hall–Kier alpha value is -4.08. The van der Waals surface area contributed by atoms with Crippen LogP contribution >= 0.6 is 0 Å². The van der Waals surface area contributed by atoms with E-state index < -0.39 is 0 Å². The van der Waals surface area contributed by atoms with Crippen molar-refractivity contribution < 1.29 is 9.53 Å². The van der Waals surface area contributed by atoms with Crippen LogP contribution in [0.3, 0.4) is 0 Å². The molecule has 4 heterocycles. The van der Waals surface area contributed by atoms with Crippen molar-refractivity contribution in [2.45, 2.75) is 32.7 Å². The molecular weight excluding hydrogens is 420 g/mol. The normalized spacial score (nSPS) is 11.8. The van der Waals surface area contributed by atoms with Crippen LogP contribution in [0.25, 0.3) is 22.6 Å². The van der Waals surface area contributed by atoms with Crippen LogP contribution in [0.4, 0.5) is 5.82 Å². The van der Waals surface area contributed by atoms with E-state index in [4.69, 9.17) is 4.74 Å². The highest BCUT2D eigenvalue weighted by Crippen LogP contribution is 2.25. The molecule has 170 valence electrons. The number of ether oxygens (including phenoxy) is 1. The van der Waals surface area contributed by atoms with Crippen molar-refractivity contribution >= 4 is 12.2 Å². The van der Waals surface area contributed by atoms with E-state index in [1.807, 2.05) is 49.3 Å². The van der Waals surface area contributed by atoms with Gasteiger partial charge in [-0.3, -0.25) is 9.48 Å². The number of pyridine rings is 2. The number of anilines is 1. The Morgan fingerprint density at radius 2 is 2.12 bits per heavy atom. The fraction of sp³-hybridized carbons (Fsp3) is 0.304. The topological polar surface area (TPSA) is 113 Å². The fourth-order valence-electron chi connectivity index (χ4n) is 3.58. The van der Waals surface area contributed by atoms with Crippen LogP contribution in [0.5, 0.6) is 5.88 Å². The zero-order valence-corrected chi connectivity index (χ0v) is 18.8. The number of carbonyl (C=O) groups excluding carboxylic acids is 1. The summed E-state index contributed by atoms with van der Waals surface area (Å²) in [6, 6.07) is 7.59. The minimum absolute atomic E-state index is 0.144. The molecular formula is C23H26N8O2. The molecule has 4 rings (SSSR count). The van der Waals surface area contributed by atoms with Gasteiger partial charge in [0.1, 0.15) is 17.8 Å². The van der Waals surface area contributed by atoms with Crippen LogP contribution in [0, 0.1) is 6.92 Å². The van der Waals surface area contributed by atoms with E-state index in [0.29, 0.717) is 36.2 Å². The maximum Gasteiger partial charge on any atom is 0.216 e. The van der Waals surface area contributed by atoms with Crippen molar-refractivity contribution in [1.29, 1.82) is 0 Å². The summed E-state index contributed by atoms with van der Waals surface area (Å²) in [5, 5.41) is 15.0. The van der Waals surface area contributed by atoms with Crippen LogP contribution in [-0.2, 0) is 11.8 Å². The number of aryl methyl sites for hydroxylation is 2. The molecule has 4 aromatic rings. The van der Waals surface area contributed by atoms with Gasteiger partial charge < -0.3 is 14.6 Å². The number of amides is 1. The first-order valence-electron chi connectivity index (χ1n) is 10.7. The zero-order valence-electron chi connectivity index (χ0n) is 18.8. The summed E-state index contributed by atoms with van der Waals surface area (Å²) in [4.78, 5) is 19.6. The number of carbonyl (C=O) groups is 1. The van der Waals surface area contributed by atoms with Crippen LogP contribution in [0.15, 0.2) is 49.2 Å². The number of nitrogens with one attached hydrogen (secondary N) is 1. The Bertz CT molecular complexity index is 1230. The van der Waals surface area contributed by atoms with Crippen LogP contribution in [-0.4, -0.2) is 47.5 Å². The molecule has 0 saturated carbocycles. The van der Waals surface area contributed by atoms with Crippen molar-refractivity contribution in [2.24, 2.45) is 7.05 Å². The van der Waals surface area contributed by atoms with Gasteiger partial charge in [-0.05, 0) is 44.9 Å². The number of rotatable bonds is 10. The molecule has 0 fully saturated rings. The average Bonchev–Trinajstić information content (AvgIpc) is 3.47. The summed E-state index contributed by atoms with van der Waals surface area (Å²) < 4.78 is 9.69. The van der Waals surface area contributed by atoms with E-state index in [1.54, 1.807) is 17.1 Å². The second-order valence-electron chi connectivity index (χ2n) is 7.82. The summed E-state index contributed by atoms with van der Waals surface area (Å²) >= 11 is 0. The predicted octanol–water partition coefficient (Wildman–Crippen LogP) is 3.43. The molecule has 10 nitrogen and oxygen atoms in total. The number of nitrogens with zero attached hydrogens (tertiary/aromatic N) is 7. The molecule has 0 spiro atoms. The van der Waals surface area contributed by atoms with Crippen molar-refractivity contribution in [3.05, 3.63) is 54.7 Å². The Morgan fingerprint density at radius 1 is 1.24 bits per heavy atom. The van der Waals surface area contributed by atoms with Gasteiger partial charge in [0.25, 0.3) is 0 Å². The smallest absolute Gasteiger partial charge is 0.216 e. The lowest BCUT2D eigenvalue weighted by Gasteiger charge is -2.16. The molecule has 0 aliphatic carbocycles. The second-order valence-corrected chi connectivity index (χ2v) is 7.82. The number of aromatic nitrogens is 7. The Labute approximate surface area is 191 Å². The molecule has 0 aliphatic rings. The van der Waals surface area contributed by atoms with E-state index in [9.17, 15) is 4.79 Å². The molecule has 33 heavy (non-hydrogen) atoms. The van der Waals surface area contributed by atoms with Gasteiger partial charge in [-0.2, -0.15) is 5.10 Å². The fourth-order valence-corrected chi connectivity index (χ4v) is 3.58. The largest absolute Gasteiger partial charge is 0.477 e. The molecule has 1 amide bonds. The first kappa shape index (κ1) is 22.1. The summed E-state index contributed by atoms with van der Waals surface area (Å²) in [6.45, 7) is 4.65. The summed E-state index contributed by atoms with van der Waals surface area (Å²) in [6.07, 6.45) is 9.60. The lowest BCUT2D eigenvalue weighted by atomic mass is 10.1. The third kappa shape index (κ3) is 5.22. The zero-order chi connectivity index (χ0) is 23.2. The number of hydrogen-bond donors (Lipinski definition) is 1. The average molecular weight is 447 g/mol. The van der Waals surface area contributed by atoms with E-state index in [-0.39, 0.29) is 6.04 Å². The lowest BCUT2D eigenvalue weighted by Crippen LogP contribution is -2.09. The van der Waals surface area contributed by atoms with E-state index in [1.165, 1.54) is 0 Å². The van der Waals surface area contributed by atoms with Gasteiger partial charge >= 0.3 is 0 Å². The van der Waals surface area contributed by atoms with Crippen molar-refractivity contribution in [3.8, 4) is 28.5 Å². The minimum Gasteiger partial charge on any atom is -0.477 e. The first-order chi connectivity index (χ1) is 16.0. The number of hydrogen-bond acceptors (Lipinski definition) is 7. The monoisotopic (exact) mass is 446 g/mol. The predicted molar refractivity (Wildman–Crippen MR) is 124 cm³/mol. The van der Waals surface area contributed by atoms with E-state index in [2.05, 4.69) is 43.6 Å². The molecule has 0 radical (unpaired) electrons. The molecule has 0 aliphatic heterocycles. The highest BCUT2D eigenvalue weighted by atomic mass is 16.5. The van der Waals surface area contributed by atoms with E-state index in [0.717, 1.165) is 29.5 Å². The van der Waals surface area contributed by atoms with Gasteiger partial charge in [0.2, 0.25) is 12.3 Å². The van der Waals surface area contributed by atoms with E-state index >= 15 is 0 Å². The molecule has 0 bridgehead atoms. The molecule has 4 aromatic heterocycles. The second kappa shape index (κ2) is 10.0. The van der Waals surface area contributed by atoms with Gasteiger partial charge in [-0.15, -0.1) is 10.2 Å². The Kier molecular flexibility index (Phi) is 6.72. The van der Waals surface area contributed by atoms with Gasteiger partial charge in [-0.1, -0.05) is 6.07 Å². The Morgan fingerprint density at radius 3 is 2.88 bits per heavy atom. The quantitative estimate of drug-likeness (QED) is 0.293. The lowest BCUT2D eigenvalue weighted by molar-refractivity contribution is -0.105. The van der Waals surface area contributed by atoms with Crippen LogP contribution in [0.1, 0.15) is 31.4 Å². The molecule has 1 atom stereocenters. The minimum atomic E-state index is 0.144. The summed E-state index contributed by atoms with van der Waals surface area (Å²) in [5.74, 6) is 1.76. The molecule has 0 aromatic carbocycles. The molecule has 1 N–H and O–H groups in total. The molecule has 10 heteroatoms. The van der Waals surface area contributed by atoms with Crippen LogP contribution in [0.2, 0.25) is 0 Å². The SMILES string of the molecule is Cc1cc(-c2cnn(C)c2)cnc1OCCC[C@H](C)n1cnnc1-c1cccc(NC=O)n1. The van der Waals surface area contributed by atoms with Crippen molar-refractivity contribution in [2.75, 3.05) is 11.9 Å². The van der Waals surface area contributed by atoms with Crippen LogP contribution < -0.4 is 10.1 Å². The molecule has 0 saturated heterocycles. The standard InChI is InChI=1S/C23H26N8O2/c1-16-10-18(19-12-27-30(3)13-19)11-24-23(16)33-9-5-6-17(2)31-14-26-29-22(31)20-7-4-8-21(28-20)25-15-32/h4,7-8,10-15,17H,5-6,9H2,1-3H3,(H,25,28,32)/t17-/m0/s1. The Balaban J connectivity index is 1.33. The summed E-state index contributed by atoms with van der Waals surface area (Å²) in [7, 11) is 1.89. The third-order valence-electron chi connectivity index (χ3n) is 5.31. The van der Waals surface area contributed by atoms with Crippen molar-refractivity contribution in [3.63, 3.8) is 0 Å². The first-order valence-corrected chi connectivity index (χ1v) is 10.7. The maximum absolute atomic E-state index is 10.7. The van der Waals surface area contributed by atoms with Gasteiger partial charge in [0.15, 0.2) is 5.82 Å². The molecule has 0 unspecified atom stereocenters. The van der Waals surface area contributed by atoms with Gasteiger partial charge in [0.05, 0.1) is 12.8 Å². The maximum atomic E-state index is 10.7.